The lowest BCUT2D eigenvalue weighted by Crippen LogP contribution is -1.95. The van der Waals surface area contributed by atoms with Crippen LogP contribution in [-0.2, 0) is 9.13 Å². The van der Waals surface area contributed by atoms with E-state index in [1.807, 2.05) is 0 Å². The highest BCUT2D eigenvalue weighted by Crippen LogP contribution is 2.42. The number of unbranched alkanes of at least 4 members (excludes halogenated alkanes) is 9. The van der Waals surface area contributed by atoms with Crippen LogP contribution in [0.2, 0.25) is 0 Å². The monoisotopic (exact) mass is 384 g/mol. The molecule has 0 bridgehead atoms. The van der Waals surface area contributed by atoms with Gasteiger partial charge in [0.05, 0.1) is 0 Å². The summed E-state index contributed by atoms with van der Waals surface area (Å²) in [7, 11) is -4.94. The molecule has 0 saturated carbocycles. The molecular weight excluding hydrogens is 342 g/mol. The van der Waals surface area contributed by atoms with E-state index in [-0.39, 0.29) is 0 Å². The Labute approximate surface area is 151 Å². The van der Waals surface area contributed by atoms with Crippen LogP contribution >= 0.6 is 15.4 Å². The van der Waals surface area contributed by atoms with Crippen LogP contribution < -0.4 is 0 Å². The van der Waals surface area contributed by atoms with Gasteiger partial charge in [0.1, 0.15) is 0 Å². The van der Waals surface area contributed by atoms with Crippen LogP contribution in [-0.4, -0.2) is 28.3 Å². The Morgan fingerprint density at radius 1 is 0.708 bits per heavy atom. The molecule has 0 aromatic heterocycles. The van der Waals surface area contributed by atoms with Gasteiger partial charge in [0.15, 0.2) is 8.03 Å². The minimum atomic E-state index is -2.77. The van der Waals surface area contributed by atoms with E-state index in [0.29, 0.717) is 18.5 Å². The molecule has 1 unspecified atom stereocenters. The lowest BCUT2D eigenvalue weighted by molar-refractivity contribution is 0.470. The summed E-state index contributed by atoms with van der Waals surface area (Å²) in [5, 5.41) is 0. The van der Waals surface area contributed by atoms with Crippen LogP contribution in [0.5, 0.6) is 0 Å². The summed E-state index contributed by atoms with van der Waals surface area (Å²) in [4.78, 5) is 18.1. The molecule has 6 heteroatoms. The van der Waals surface area contributed by atoms with Crippen LogP contribution in [0.15, 0.2) is 0 Å². The maximum Gasteiger partial charge on any atom is 0.200 e. The number of hydrogen-bond donors (Lipinski definition) is 2. The lowest BCUT2D eigenvalue weighted by atomic mass is 10.2. The topological polar surface area (TPSA) is 74.6 Å². The summed E-state index contributed by atoms with van der Waals surface area (Å²) in [6, 6.07) is 0. The van der Waals surface area contributed by atoms with E-state index in [1.165, 1.54) is 38.5 Å². The molecule has 24 heavy (non-hydrogen) atoms. The maximum absolute atomic E-state index is 11.7. The van der Waals surface area contributed by atoms with Crippen molar-refractivity contribution in [2.24, 2.45) is 0 Å². The van der Waals surface area contributed by atoms with Crippen LogP contribution in [0.25, 0.3) is 0 Å². The second-order valence-electron chi connectivity index (χ2n) is 6.62. The van der Waals surface area contributed by atoms with Crippen molar-refractivity contribution in [1.82, 2.24) is 0 Å². The average molecular weight is 384 g/mol. The van der Waals surface area contributed by atoms with Gasteiger partial charge in [-0.1, -0.05) is 78.6 Å². The second kappa shape index (κ2) is 19.7. The van der Waals surface area contributed by atoms with E-state index in [9.17, 15) is 14.0 Å². The van der Waals surface area contributed by atoms with E-state index >= 15 is 0 Å². The van der Waals surface area contributed by atoms with Crippen molar-refractivity contribution < 1.29 is 18.9 Å². The lowest BCUT2D eigenvalue weighted by Gasteiger charge is -2.10. The van der Waals surface area contributed by atoms with Crippen molar-refractivity contribution in [2.75, 3.05) is 18.5 Å². The van der Waals surface area contributed by atoms with Gasteiger partial charge in [-0.25, -0.2) is 0 Å². The van der Waals surface area contributed by atoms with Crippen molar-refractivity contribution >= 4 is 15.4 Å². The van der Waals surface area contributed by atoms with E-state index in [1.54, 1.807) is 0 Å². The molecule has 1 atom stereocenters. The Morgan fingerprint density at radius 2 is 1.08 bits per heavy atom. The van der Waals surface area contributed by atoms with Crippen LogP contribution in [0.3, 0.4) is 0 Å². The summed E-state index contributed by atoms with van der Waals surface area (Å²) < 4.78 is 21.8. The zero-order valence-electron chi connectivity index (χ0n) is 16.3. The van der Waals surface area contributed by atoms with Gasteiger partial charge in [0.25, 0.3) is 0 Å². The third-order valence-electron chi connectivity index (χ3n) is 3.97. The van der Waals surface area contributed by atoms with Crippen molar-refractivity contribution in [2.45, 2.75) is 97.8 Å². The molecule has 0 aromatic rings. The summed E-state index contributed by atoms with van der Waals surface area (Å²) >= 11 is 0. The average Bonchev–Trinajstić information content (AvgIpc) is 2.53. The van der Waals surface area contributed by atoms with Gasteiger partial charge < -0.3 is 9.79 Å². The first-order valence-corrected chi connectivity index (χ1v) is 13.5. The van der Waals surface area contributed by atoms with Gasteiger partial charge in [-0.15, -0.1) is 0 Å². The van der Waals surface area contributed by atoms with Crippen LogP contribution in [0, 0.1) is 0 Å². The number of rotatable bonds is 15. The fraction of sp³-hybridized carbons (Fsp3) is 1.00. The molecule has 0 heterocycles. The molecule has 0 aromatic carbocycles. The first-order valence-electron chi connectivity index (χ1n) is 9.92. The third-order valence-corrected chi connectivity index (χ3v) is 6.78. The van der Waals surface area contributed by atoms with E-state index in [4.69, 9.17) is 4.89 Å². The highest BCUT2D eigenvalue weighted by Gasteiger charge is 2.16. The van der Waals surface area contributed by atoms with Gasteiger partial charge in [-0.2, -0.15) is 0 Å². The summed E-state index contributed by atoms with van der Waals surface area (Å²) in [6.45, 7) is 6.44. The first kappa shape index (κ1) is 26.6. The van der Waals surface area contributed by atoms with Gasteiger partial charge in [0.2, 0.25) is 7.37 Å². The van der Waals surface area contributed by atoms with Gasteiger partial charge in [0, 0.05) is 18.5 Å². The normalized spacial score (nSPS) is 12.5. The van der Waals surface area contributed by atoms with Crippen molar-refractivity contribution in [1.29, 1.82) is 0 Å². The first-order chi connectivity index (χ1) is 11.4. The minimum Gasteiger partial charge on any atom is -0.346 e. The Bertz CT molecular complexity index is 306. The molecule has 0 aliphatic carbocycles. The molecule has 0 fully saturated rings. The highest BCUT2D eigenvalue weighted by atomic mass is 31.2. The van der Waals surface area contributed by atoms with Crippen molar-refractivity contribution in [3.63, 3.8) is 0 Å². The molecule has 0 saturated heterocycles. The molecule has 4 nitrogen and oxygen atoms in total. The Balaban J connectivity index is 0. The van der Waals surface area contributed by atoms with Crippen molar-refractivity contribution in [3.8, 4) is 0 Å². The Morgan fingerprint density at radius 3 is 1.42 bits per heavy atom. The van der Waals surface area contributed by atoms with E-state index in [0.717, 1.165) is 38.5 Å². The predicted molar refractivity (Wildman–Crippen MR) is 108 cm³/mol. The molecule has 0 aliphatic heterocycles. The molecule has 0 amide bonds. The molecule has 0 radical (unpaired) electrons. The summed E-state index contributed by atoms with van der Waals surface area (Å²) in [5.41, 5.74) is 0. The van der Waals surface area contributed by atoms with Crippen LogP contribution in [0.1, 0.15) is 97.8 Å². The third kappa shape index (κ3) is 24.6. The SMILES string of the molecule is CCCCCCP(=O)(O)CCCCCC.CCCCCC[PH](=O)O. The van der Waals surface area contributed by atoms with E-state index < -0.39 is 15.4 Å². The highest BCUT2D eigenvalue weighted by molar-refractivity contribution is 7.57. The second-order valence-corrected chi connectivity index (χ2v) is 10.5. The number of hydrogen-bond acceptors (Lipinski definition) is 2. The Hall–Kier alpha value is 0.380. The smallest absolute Gasteiger partial charge is 0.200 e. The largest absolute Gasteiger partial charge is 0.346 e. The van der Waals surface area contributed by atoms with E-state index in [2.05, 4.69) is 20.8 Å². The van der Waals surface area contributed by atoms with Crippen molar-refractivity contribution in [3.05, 3.63) is 0 Å². The standard InChI is InChI=1S/C12H27O2P.C6H15O2P/c1-3-5-7-9-11-15(13,14)12-10-8-6-4-2;1-2-3-4-5-6-9(7)8/h3-12H2,1-2H3,(H,13,14);9H,2-6H2,1H3,(H,7,8). The fourth-order valence-electron chi connectivity index (χ4n) is 2.39. The van der Waals surface area contributed by atoms with Gasteiger partial charge in [-0.3, -0.25) is 9.13 Å². The maximum atomic E-state index is 11.7. The molecule has 2 N–H and O–H groups in total. The zero-order valence-corrected chi connectivity index (χ0v) is 18.2. The molecule has 0 rings (SSSR count). The van der Waals surface area contributed by atoms with Gasteiger partial charge >= 0.3 is 0 Å². The summed E-state index contributed by atoms with van der Waals surface area (Å²) in [5.74, 6) is 0. The predicted octanol–water partition coefficient (Wildman–Crippen LogP) is 6.45. The molecular formula is C18H42O4P2. The molecule has 148 valence electrons. The van der Waals surface area contributed by atoms with Crippen LogP contribution in [0.4, 0.5) is 0 Å². The zero-order chi connectivity index (χ0) is 18.7. The Kier molecular flexibility index (Phi) is 21.8. The fourth-order valence-corrected chi connectivity index (χ4v) is 4.60. The van der Waals surface area contributed by atoms with Gasteiger partial charge in [-0.05, 0) is 19.3 Å². The minimum absolute atomic E-state index is 0.519. The quantitative estimate of drug-likeness (QED) is 0.251. The summed E-state index contributed by atoms with van der Waals surface area (Å²) in [6.07, 6.45) is 14.8. The molecule has 0 spiro atoms. The molecule has 0 aliphatic rings.